The number of rotatable bonds is 8. The molecule has 0 aliphatic rings. The Labute approximate surface area is 206 Å². The van der Waals surface area contributed by atoms with E-state index in [0.717, 1.165) is 10.0 Å². The standard InChI is InChI=1S/C26H24BrN3O4/c1-17(20-10-7-11-21(27)16-20)29-30-26(32)22(28-25(31)19-8-5-4-6-9-19)14-18-12-13-23(33-2)24(15-18)34-3/h4-16H,1-3H3,(H,28,31)(H,30,32)/b22-14+,29-17+. The molecular formula is C26H24BrN3O4. The van der Waals surface area contributed by atoms with Crippen molar-refractivity contribution < 1.29 is 19.1 Å². The van der Waals surface area contributed by atoms with Crippen molar-refractivity contribution in [3.05, 3.63) is 99.7 Å². The van der Waals surface area contributed by atoms with Crippen molar-refractivity contribution in [3.8, 4) is 11.5 Å². The smallest absolute Gasteiger partial charge is 0.287 e. The lowest BCUT2D eigenvalue weighted by Crippen LogP contribution is -2.33. The van der Waals surface area contributed by atoms with Gasteiger partial charge in [0.15, 0.2) is 11.5 Å². The van der Waals surface area contributed by atoms with Crippen molar-refractivity contribution in [2.45, 2.75) is 6.92 Å². The Morgan fingerprint density at radius 2 is 1.59 bits per heavy atom. The number of carbonyl (C=O) groups is 2. The van der Waals surface area contributed by atoms with Crippen LogP contribution < -0.4 is 20.2 Å². The van der Waals surface area contributed by atoms with E-state index in [0.29, 0.717) is 28.3 Å². The predicted molar refractivity (Wildman–Crippen MR) is 136 cm³/mol. The van der Waals surface area contributed by atoms with Gasteiger partial charge in [0, 0.05) is 10.0 Å². The minimum absolute atomic E-state index is 0.0202. The van der Waals surface area contributed by atoms with Crippen LogP contribution in [0.3, 0.4) is 0 Å². The Bertz CT molecular complexity index is 1240. The van der Waals surface area contributed by atoms with E-state index in [1.54, 1.807) is 55.5 Å². The highest BCUT2D eigenvalue weighted by atomic mass is 79.9. The molecule has 0 aliphatic carbocycles. The molecule has 34 heavy (non-hydrogen) atoms. The molecule has 3 aromatic carbocycles. The molecule has 8 heteroatoms. The molecule has 7 nitrogen and oxygen atoms in total. The van der Waals surface area contributed by atoms with Crippen LogP contribution in [-0.4, -0.2) is 31.7 Å². The number of methoxy groups -OCH3 is 2. The molecule has 3 rings (SSSR count). The second kappa shape index (κ2) is 11.8. The van der Waals surface area contributed by atoms with E-state index in [1.165, 1.54) is 14.2 Å². The molecule has 0 unspecified atom stereocenters. The van der Waals surface area contributed by atoms with Gasteiger partial charge in [0.25, 0.3) is 11.8 Å². The monoisotopic (exact) mass is 521 g/mol. The van der Waals surface area contributed by atoms with Crippen LogP contribution in [0.4, 0.5) is 0 Å². The number of halogens is 1. The summed E-state index contributed by atoms with van der Waals surface area (Å²) in [5, 5.41) is 6.88. The Morgan fingerprint density at radius 3 is 2.26 bits per heavy atom. The Morgan fingerprint density at radius 1 is 0.882 bits per heavy atom. The maximum Gasteiger partial charge on any atom is 0.287 e. The molecule has 0 heterocycles. The van der Waals surface area contributed by atoms with E-state index in [9.17, 15) is 9.59 Å². The Hall–Kier alpha value is -3.91. The lowest BCUT2D eigenvalue weighted by atomic mass is 10.1. The molecule has 0 aromatic heterocycles. The fourth-order valence-electron chi connectivity index (χ4n) is 3.02. The third-order valence-electron chi connectivity index (χ3n) is 4.81. The van der Waals surface area contributed by atoms with Gasteiger partial charge in [0.2, 0.25) is 0 Å². The first kappa shape index (κ1) is 24.7. The number of hydrogen-bond donors (Lipinski definition) is 2. The first-order chi connectivity index (χ1) is 16.4. The molecule has 0 radical (unpaired) electrons. The summed E-state index contributed by atoms with van der Waals surface area (Å²) in [6.07, 6.45) is 1.54. The van der Waals surface area contributed by atoms with Gasteiger partial charge >= 0.3 is 0 Å². The number of hydrazone groups is 1. The Kier molecular flexibility index (Phi) is 8.59. The van der Waals surface area contributed by atoms with Gasteiger partial charge < -0.3 is 14.8 Å². The van der Waals surface area contributed by atoms with Gasteiger partial charge in [-0.1, -0.05) is 52.3 Å². The van der Waals surface area contributed by atoms with Gasteiger partial charge in [0.1, 0.15) is 5.70 Å². The van der Waals surface area contributed by atoms with Crippen LogP contribution in [0.1, 0.15) is 28.4 Å². The summed E-state index contributed by atoms with van der Waals surface area (Å²) in [6.45, 7) is 1.78. The summed E-state index contributed by atoms with van der Waals surface area (Å²) in [5.41, 5.74) is 5.04. The summed E-state index contributed by atoms with van der Waals surface area (Å²) in [4.78, 5) is 25.8. The second-order valence-corrected chi connectivity index (χ2v) is 8.06. The fraction of sp³-hybridized carbons (Fsp3) is 0.115. The van der Waals surface area contributed by atoms with Gasteiger partial charge in [-0.2, -0.15) is 5.10 Å². The minimum atomic E-state index is -0.576. The van der Waals surface area contributed by atoms with E-state index in [2.05, 4.69) is 31.8 Å². The van der Waals surface area contributed by atoms with E-state index in [-0.39, 0.29) is 5.70 Å². The zero-order valence-electron chi connectivity index (χ0n) is 19.0. The molecule has 0 atom stereocenters. The summed E-state index contributed by atoms with van der Waals surface area (Å²) in [5.74, 6) is 0.0470. The summed E-state index contributed by atoms with van der Waals surface area (Å²) >= 11 is 3.42. The van der Waals surface area contributed by atoms with Crippen LogP contribution in [0.2, 0.25) is 0 Å². The normalized spacial score (nSPS) is 11.5. The number of nitrogens with zero attached hydrogens (tertiary/aromatic N) is 1. The highest BCUT2D eigenvalue weighted by Gasteiger charge is 2.15. The molecule has 174 valence electrons. The zero-order valence-corrected chi connectivity index (χ0v) is 20.5. The van der Waals surface area contributed by atoms with Crippen molar-refractivity contribution in [1.82, 2.24) is 10.7 Å². The number of nitrogens with one attached hydrogen (secondary N) is 2. The largest absolute Gasteiger partial charge is 0.493 e. The molecule has 2 amide bonds. The second-order valence-electron chi connectivity index (χ2n) is 7.14. The average molecular weight is 522 g/mol. The van der Waals surface area contributed by atoms with Gasteiger partial charge in [-0.05, 0) is 60.5 Å². The molecule has 0 aliphatic heterocycles. The van der Waals surface area contributed by atoms with Crippen molar-refractivity contribution in [1.29, 1.82) is 0 Å². The van der Waals surface area contributed by atoms with Crippen LogP contribution >= 0.6 is 15.9 Å². The molecule has 3 aromatic rings. The van der Waals surface area contributed by atoms with Crippen LogP contribution in [-0.2, 0) is 4.79 Å². The molecule has 0 saturated heterocycles. The molecule has 0 bridgehead atoms. The van der Waals surface area contributed by atoms with Crippen molar-refractivity contribution in [3.63, 3.8) is 0 Å². The van der Waals surface area contributed by atoms with Gasteiger partial charge in [0.05, 0.1) is 19.9 Å². The highest BCUT2D eigenvalue weighted by Crippen LogP contribution is 2.28. The summed E-state index contributed by atoms with van der Waals surface area (Å²) in [6, 6.07) is 21.4. The SMILES string of the molecule is COc1ccc(/C=C(/NC(=O)c2ccccc2)C(=O)N/N=C(\C)c2cccc(Br)c2)cc1OC. The quantitative estimate of drug-likeness (QED) is 0.253. The molecule has 2 N–H and O–H groups in total. The van der Waals surface area contributed by atoms with Gasteiger partial charge in [-0.3, -0.25) is 9.59 Å². The average Bonchev–Trinajstić information content (AvgIpc) is 2.86. The molecule has 0 fully saturated rings. The van der Waals surface area contributed by atoms with Crippen LogP contribution in [0, 0.1) is 0 Å². The van der Waals surface area contributed by atoms with Crippen LogP contribution in [0.15, 0.2) is 88.1 Å². The first-order valence-corrected chi connectivity index (χ1v) is 11.1. The molecular weight excluding hydrogens is 498 g/mol. The fourth-order valence-corrected chi connectivity index (χ4v) is 3.42. The number of carbonyl (C=O) groups excluding carboxylic acids is 2. The van der Waals surface area contributed by atoms with E-state index in [4.69, 9.17) is 9.47 Å². The summed E-state index contributed by atoms with van der Waals surface area (Å²) in [7, 11) is 3.06. The highest BCUT2D eigenvalue weighted by molar-refractivity contribution is 9.10. The lowest BCUT2D eigenvalue weighted by Gasteiger charge is -2.11. The number of hydrogen-bond acceptors (Lipinski definition) is 5. The lowest BCUT2D eigenvalue weighted by molar-refractivity contribution is -0.117. The Balaban J connectivity index is 1.90. The van der Waals surface area contributed by atoms with Crippen LogP contribution in [0.5, 0.6) is 11.5 Å². The zero-order chi connectivity index (χ0) is 24.5. The number of amides is 2. The summed E-state index contributed by atoms with van der Waals surface area (Å²) < 4.78 is 11.5. The van der Waals surface area contributed by atoms with Crippen molar-refractivity contribution >= 4 is 39.5 Å². The third kappa shape index (κ3) is 6.55. The number of ether oxygens (including phenoxy) is 2. The number of benzene rings is 3. The van der Waals surface area contributed by atoms with E-state index in [1.807, 2.05) is 30.3 Å². The minimum Gasteiger partial charge on any atom is -0.493 e. The third-order valence-corrected chi connectivity index (χ3v) is 5.31. The first-order valence-electron chi connectivity index (χ1n) is 10.3. The molecule has 0 saturated carbocycles. The van der Waals surface area contributed by atoms with Gasteiger partial charge in [-0.15, -0.1) is 0 Å². The maximum absolute atomic E-state index is 13.0. The van der Waals surface area contributed by atoms with Crippen molar-refractivity contribution in [2.75, 3.05) is 14.2 Å². The topological polar surface area (TPSA) is 89.0 Å². The van der Waals surface area contributed by atoms with Gasteiger partial charge in [-0.25, -0.2) is 5.43 Å². The van der Waals surface area contributed by atoms with Crippen molar-refractivity contribution in [2.24, 2.45) is 5.10 Å². The van der Waals surface area contributed by atoms with E-state index >= 15 is 0 Å². The maximum atomic E-state index is 13.0. The van der Waals surface area contributed by atoms with Crippen LogP contribution in [0.25, 0.3) is 6.08 Å². The predicted octanol–water partition coefficient (Wildman–Crippen LogP) is 4.78. The van der Waals surface area contributed by atoms with E-state index < -0.39 is 11.8 Å². The molecule has 0 spiro atoms.